The Hall–Kier alpha value is -0.930. The third kappa shape index (κ3) is 2.35. The third-order valence-electron chi connectivity index (χ3n) is 3.30. The fourth-order valence-corrected chi connectivity index (χ4v) is 5.26. The Morgan fingerprint density at radius 2 is 2.35 bits per heavy atom. The van der Waals surface area contributed by atoms with Crippen LogP contribution >= 0.6 is 0 Å². The number of fused-ring (bicyclic) bond motifs is 3. The summed E-state index contributed by atoms with van der Waals surface area (Å²) in [5, 5.41) is 0. The van der Waals surface area contributed by atoms with Gasteiger partial charge in [0.1, 0.15) is 0 Å². The van der Waals surface area contributed by atoms with Crippen LogP contribution in [0.4, 0.5) is 0 Å². The molecule has 0 aromatic heterocycles. The average molecular weight is 333 g/mol. The van der Waals surface area contributed by atoms with Crippen LogP contribution in [-0.4, -0.2) is 4.43 Å². The summed E-state index contributed by atoms with van der Waals surface area (Å²) in [6.45, 7) is 0. The van der Waals surface area contributed by atoms with E-state index in [0.717, 1.165) is 12.8 Å². The zero-order valence-corrected chi connectivity index (χ0v) is 11.9. The van der Waals surface area contributed by atoms with Crippen LogP contribution in [0.15, 0.2) is 44.4 Å². The fraction of sp³-hybridized carbons (Fsp3) is 0.375. The first-order chi connectivity index (χ1) is 8.45. The first kappa shape index (κ1) is 11.2. The van der Waals surface area contributed by atoms with Gasteiger partial charge in [0.05, 0.1) is 0 Å². The molecule has 0 spiro atoms. The van der Waals surface area contributed by atoms with Crippen molar-refractivity contribution in [1.29, 1.82) is 0 Å². The molecule has 0 aromatic rings. The molecule has 2 aliphatic carbocycles. The zero-order chi connectivity index (χ0) is 11.5. The van der Waals surface area contributed by atoms with Gasteiger partial charge >= 0.3 is 113 Å². The summed E-state index contributed by atoms with van der Waals surface area (Å²) in [6.07, 6.45) is 11.2. The Bertz CT molecular complexity index is 550. The van der Waals surface area contributed by atoms with E-state index >= 15 is 0 Å². The van der Waals surface area contributed by atoms with Crippen molar-refractivity contribution in [1.82, 2.24) is 0 Å². The molecule has 86 valence electrons. The SMILES string of the molecule is C1=C=C2[I-]CCCC3=CCC#CC=C3C2CC=1. The second-order valence-corrected chi connectivity index (χ2v) is 7.39. The Morgan fingerprint density at radius 3 is 3.35 bits per heavy atom. The molecule has 0 bridgehead atoms. The summed E-state index contributed by atoms with van der Waals surface area (Å²) in [4.78, 5) is 0. The molecule has 0 N–H and O–H groups in total. The molecule has 1 fully saturated rings. The molecule has 0 radical (unpaired) electrons. The summed E-state index contributed by atoms with van der Waals surface area (Å²) in [5.74, 6) is 6.96. The Kier molecular flexibility index (Phi) is 3.39. The minimum absolute atomic E-state index is 0.172. The van der Waals surface area contributed by atoms with E-state index in [1.165, 1.54) is 28.4 Å². The van der Waals surface area contributed by atoms with Crippen LogP contribution < -0.4 is 21.2 Å². The summed E-state index contributed by atoms with van der Waals surface area (Å²) in [5.41, 5.74) is 9.58. The van der Waals surface area contributed by atoms with Gasteiger partial charge in [-0.05, 0) is 0 Å². The van der Waals surface area contributed by atoms with Crippen molar-refractivity contribution in [3.8, 4) is 11.8 Å². The third-order valence-corrected chi connectivity index (χ3v) is 6.44. The molecule has 0 aromatic carbocycles. The summed E-state index contributed by atoms with van der Waals surface area (Å²) >= 11 is 0.172. The van der Waals surface area contributed by atoms with Gasteiger partial charge in [-0.25, -0.2) is 0 Å². The van der Waals surface area contributed by atoms with Gasteiger partial charge in [-0.1, -0.05) is 0 Å². The van der Waals surface area contributed by atoms with Crippen LogP contribution in [0.5, 0.6) is 0 Å². The van der Waals surface area contributed by atoms with Crippen LogP contribution in [0.3, 0.4) is 0 Å². The van der Waals surface area contributed by atoms with Crippen LogP contribution in [0.1, 0.15) is 25.7 Å². The molecule has 0 amide bonds. The maximum absolute atomic E-state index is 3.39. The van der Waals surface area contributed by atoms with E-state index in [0.29, 0.717) is 5.92 Å². The normalized spacial score (nSPS) is 26.4. The number of halogens is 1. The molecule has 3 rings (SSSR count). The minimum atomic E-state index is 0.172. The van der Waals surface area contributed by atoms with Gasteiger partial charge in [-0.2, -0.15) is 0 Å². The number of rotatable bonds is 0. The van der Waals surface area contributed by atoms with Crippen molar-refractivity contribution in [3.63, 3.8) is 0 Å². The van der Waals surface area contributed by atoms with E-state index in [4.69, 9.17) is 0 Å². The average Bonchev–Trinajstić information content (AvgIpc) is 2.57. The van der Waals surface area contributed by atoms with E-state index in [1.807, 2.05) is 0 Å². The number of allylic oxidation sites excluding steroid dienone is 6. The fourth-order valence-electron chi connectivity index (χ4n) is 2.45. The number of alkyl halides is 1. The second kappa shape index (κ2) is 5.15. The van der Waals surface area contributed by atoms with Gasteiger partial charge < -0.3 is 0 Å². The molecule has 1 atom stereocenters. The van der Waals surface area contributed by atoms with Gasteiger partial charge in [0, 0.05) is 0 Å². The van der Waals surface area contributed by atoms with Crippen molar-refractivity contribution < 1.29 is 21.2 Å². The van der Waals surface area contributed by atoms with Gasteiger partial charge in [0.15, 0.2) is 0 Å². The number of hydrogen-bond donors (Lipinski definition) is 0. The van der Waals surface area contributed by atoms with Gasteiger partial charge in [0.25, 0.3) is 0 Å². The predicted molar refractivity (Wildman–Crippen MR) is 65.9 cm³/mol. The molecule has 3 aliphatic rings. The van der Waals surface area contributed by atoms with E-state index in [1.54, 1.807) is 3.58 Å². The monoisotopic (exact) mass is 333 g/mol. The number of hydrogen-bond acceptors (Lipinski definition) is 0. The molecule has 0 nitrogen and oxygen atoms in total. The van der Waals surface area contributed by atoms with E-state index < -0.39 is 0 Å². The van der Waals surface area contributed by atoms with Crippen molar-refractivity contribution in [2.24, 2.45) is 5.92 Å². The van der Waals surface area contributed by atoms with Crippen LogP contribution in [0.25, 0.3) is 0 Å². The van der Waals surface area contributed by atoms with Crippen LogP contribution in [0.2, 0.25) is 0 Å². The van der Waals surface area contributed by atoms with Gasteiger partial charge in [-0.3, -0.25) is 0 Å². The molecule has 17 heavy (non-hydrogen) atoms. The molecule has 0 saturated carbocycles. The molecular formula is C16H14I-. The Labute approximate surface area is 113 Å². The van der Waals surface area contributed by atoms with Crippen LogP contribution in [0, 0.1) is 17.8 Å². The van der Waals surface area contributed by atoms with E-state index in [9.17, 15) is 0 Å². The summed E-state index contributed by atoms with van der Waals surface area (Å²) < 4.78 is 2.94. The first-order valence-corrected chi connectivity index (χ1v) is 8.72. The standard InChI is InChI=1S/C16H14I/c1-2-7-13-8-6-12-17-16-11-5-4-10-15(16)14(13)9-3-1/h4,7,9,15H,2,6,8,10,12H2/q-1. The quantitative estimate of drug-likeness (QED) is 0.260. The van der Waals surface area contributed by atoms with Crippen molar-refractivity contribution in [2.45, 2.75) is 25.7 Å². The predicted octanol–water partition coefficient (Wildman–Crippen LogP) is 0.343. The van der Waals surface area contributed by atoms with Crippen molar-refractivity contribution >= 4 is 0 Å². The van der Waals surface area contributed by atoms with Gasteiger partial charge in [-0.15, -0.1) is 0 Å². The molecule has 1 saturated heterocycles. The maximum atomic E-state index is 3.39. The van der Waals surface area contributed by atoms with Crippen molar-refractivity contribution in [3.05, 3.63) is 44.4 Å². The van der Waals surface area contributed by atoms with E-state index in [2.05, 4.69) is 41.5 Å². The van der Waals surface area contributed by atoms with Gasteiger partial charge in [0.2, 0.25) is 0 Å². The molecule has 1 heterocycles. The summed E-state index contributed by atoms with van der Waals surface area (Å²) in [7, 11) is 0. The van der Waals surface area contributed by atoms with E-state index in [-0.39, 0.29) is 21.2 Å². The molecule has 1 aliphatic heterocycles. The van der Waals surface area contributed by atoms with Crippen LogP contribution in [-0.2, 0) is 0 Å². The second-order valence-electron chi connectivity index (χ2n) is 4.39. The Balaban J connectivity index is 2.06. The summed E-state index contributed by atoms with van der Waals surface area (Å²) in [6, 6.07) is 0. The molecular weight excluding hydrogens is 319 g/mol. The zero-order valence-electron chi connectivity index (χ0n) is 9.72. The van der Waals surface area contributed by atoms with Crippen molar-refractivity contribution in [2.75, 3.05) is 4.43 Å². The molecule has 1 unspecified atom stereocenters. The Morgan fingerprint density at radius 1 is 1.35 bits per heavy atom. The first-order valence-electron chi connectivity index (χ1n) is 6.12. The molecule has 1 heteroatoms. The topological polar surface area (TPSA) is 0 Å².